The largest absolute Gasteiger partial charge is 0.481 e. The maximum atomic E-state index is 12.9. The molecule has 15 heteroatoms. The van der Waals surface area contributed by atoms with E-state index in [1.165, 1.54) is 6.92 Å². The van der Waals surface area contributed by atoms with E-state index >= 15 is 0 Å². The first-order valence-corrected chi connectivity index (χ1v) is 11.0. The highest BCUT2D eigenvalue weighted by atomic mass is 16.4. The number of aliphatic hydroxyl groups is 1. The van der Waals surface area contributed by atoms with Crippen LogP contribution in [0, 0.1) is 5.92 Å². The number of carboxylic acid groups (broad SMARTS) is 2. The van der Waals surface area contributed by atoms with Crippen LogP contribution >= 0.6 is 0 Å². The summed E-state index contributed by atoms with van der Waals surface area (Å²) in [6.45, 7) is 4.57. The lowest BCUT2D eigenvalue weighted by molar-refractivity contribution is -0.143. The van der Waals surface area contributed by atoms with Crippen LogP contribution in [0.2, 0.25) is 0 Å². The molecule has 0 aromatic rings. The Balaban J connectivity index is 5.68. The van der Waals surface area contributed by atoms with E-state index in [0.29, 0.717) is 0 Å². The molecular weight excluding hydrogens is 466 g/mol. The third kappa shape index (κ3) is 12.5. The summed E-state index contributed by atoms with van der Waals surface area (Å²) in [6.07, 6.45) is -1.82. The van der Waals surface area contributed by atoms with Crippen LogP contribution in [0.3, 0.4) is 0 Å². The summed E-state index contributed by atoms with van der Waals surface area (Å²) >= 11 is 0. The van der Waals surface area contributed by atoms with Crippen LogP contribution in [0.1, 0.15) is 46.5 Å². The standard InChI is InChI=1S/C20H37N7O8/c1-9(2)15(19(34)35)27-17(32)11(5-4-8-24-20(22)23)25-16(31)12(6-7-13(29)30)26-18(33)14(21)10(3)28/h9-12,14-15,28H,4-8,21H2,1-3H3,(H,25,31)(H,26,33)(H,27,32)(H,29,30)(H,34,35)(H4,22,23,24). The minimum atomic E-state index is -1.39. The fourth-order valence-electron chi connectivity index (χ4n) is 2.84. The number of nitrogens with two attached hydrogens (primary N) is 3. The molecule has 0 aromatic heterocycles. The number of rotatable bonds is 16. The van der Waals surface area contributed by atoms with Crippen molar-refractivity contribution in [2.24, 2.45) is 28.1 Å². The van der Waals surface area contributed by atoms with E-state index in [4.69, 9.17) is 22.3 Å². The third-order valence-corrected chi connectivity index (χ3v) is 4.91. The zero-order valence-electron chi connectivity index (χ0n) is 20.1. The van der Waals surface area contributed by atoms with Gasteiger partial charge in [0, 0.05) is 13.0 Å². The number of hydrogen-bond acceptors (Lipinski definition) is 8. The molecule has 3 amide bonds. The number of amides is 3. The van der Waals surface area contributed by atoms with Crippen molar-refractivity contribution < 1.29 is 39.3 Å². The number of nitrogens with one attached hydrogen (secondary N) is 3. The fourth-order valence-corrected chi connectivity index (χ4v) is 2.84. The van der Waals surface area contributed by atoms with Crippen LogP contribution in [0.15, 0.2) is 4.99 Å². The number of aliphatic imine (C=N–C) groups is 1. The van der Waals surface area contributed by atoms with Crippen LogP contribution in [-0.4, -0.2) is 87.8 Å². The van der Waals surface area contributed by atoms with Crippen molar-refractivity contribution in [2.45, 2.75) is 76.7 Å². The highest BCUT2D eigenvalue weighted by molar-refractivity contribution is 5.94. The highest BCUT2D eigenvalue weighted by Gasteiger charge is 2.31. The Hall–Kier alpha value is -3.46. The second kappa shape index (κ2) is 15.4. The molecule has 0 aliphatic heterocycles. The Morgan fingerprint density at radius 1 is 0.857 bits per heavy atom. The Morgan fingerprint density at radius 3 is 1.83 bits per heavy atom. The van der Waals surface area contributed by atoms with Crippen LogP contribution in [0.4, 0.5) is 0 Å². The lowest BCUT2D eigenvalue weighted by Gasteiger charge is -2.26. The molecule has 0 aliphatic rings. The number of carbonyl (C=O) groups excluding carboxylic acids is 3. The number of carbonyl (C=O) groups is 5. The summed E-state index contributed by atoms with van der Waals surface area (Å²) in [6, 6.07) is -5.24. The molecule has 5 unspecified atom stereocenters. The predicted octanol–water partition coefficient (Wildman–Crippen LogP) is -3.19. The predicted molar refractivity (Wildman–Crippen MR) is 125 cm³/mol. The van der Waals surface area contributed by atoms with Gasteiger partial charge in [-0.3, -0.25) is 24.2 Å². The lowest BCUT2D eigenvalue weighted by atomic mass is 10.0. The molecule has 15 nitrogen and oxygen atoms in total. The van der Waals surface area contributed by atoms with Gasteiger partial charge in [0.15, 0.2) is 5.96 Å². The molecule has 0 heterocycles. The van der Waals surface area contributed by atoms with Crippen LogP contribution < -0.4 is 33.2 Å². The second-order valence-electron chi connectivity index (χ2n) is 8.34. The summed E-state index contributed by atoms with van der Waals surface area (Å²) in [5, 5.41) is 34.9. The first-order valence-electron chi connectivity index (χ1n) is 11.0. The molecule has 5 atom stereocenters. The molecule has 0 aliphatic carbocycles. The summed E-state index contributed by atoms with van der Waals surface area (Å²) in [5.74, 6) is -5.72. The monoisotopic (exact) mass is 503 g/mol. The number of carboxylic acids is 2. The van der Waals surface area contributed by atoms with Crippen molar-refractivity contribution in [3.63, 3.8) is 0 Å². The van der Waals surface area contributed by atoms with E-state index in [1.807, 2.05) is 0 Å². The van der Waals surface area contributed by atoms with Crippen molar-refractivity contribution in [3.8, 4) is 0 Å². The van der Waals surface area contributed by atoms with Crippen molar-refractivity contribution in [3.05, 3.63) is 0 Å². The quantitative estimate of drug-likeness (QED) is 0.0574. The van der Waals surface area contributed by atoms with E-state index in [9.17, 15) is 34.2 Å². The maximum Gasteiger partial charge on any atom is 0.326 e. The van der Waals surface area contributed by atoms with Crippen molar-refractivity contribution >= 4 is 35.6 Å². The first-order chi connectivity index (χ1) is 16.2. The molecule has 0 fully saturated rings. The molecule has 200 valence electrons. The molecule has 0 aromatic carbocycles. The van der Waals surface area contributed by atoms with Gasteiger partial charge in [0.05, 0.1) is 6.10 Å². The molecular formula is C20H37N7O8. The van der Waals surface area contributed by atoms with Gasteiger partial charge in [0.25, 0.3) is 0 Å². The molecule has 12 N–H and O–H groups in total. The number of hydrogen-bond donors (Lipinski definition) is 9. The zero-order valence-corrected chi connectivity index (χ0v) is 20.1. The van der Waals surface area contributed by atoms with Crippen molar-refractivity contribution in [2.75, 3.05) is 6.54 Å². The van der Waals surface area contributed by atoms with Gasteiger partial charge >= 0.3 is 11.9 Å². The van der Waals surface area contributed by atoms with Crippen LogP contribution in [0.5, 0.6) is 0 Å². The lowest BCUT2D eigenvalue weighted by Crippen LogP contribution is -2.58. The van der Waals surface area contributed by atoms with Gasteiger partial charge in [-0.05, 0) is 32.1 Å². The molecule has 0 rings (SSSR count). The van der Waals surface area contributed by atoms with Gasteiger partial charge in [0.1, 0.15) is 24.2 Å². The minimum absolute atomic E-state index is 0.00553. The Bertz CT molecular complexity index is 783. The minimum Gasteiger partial charge on any atom is -0.481 e. The summed E-state index contributed by atoms with van der Waals surface area (Å²) in [4.78, 5) is 64.2. The Morgan fingerprint density at radius 2 is 1.37 bits per heavy atom. The average Bonchev–Trinajstić information content (AvgIpc) is 2.74. The van der Waals surface area contributed by atoms with Crippen molar-refractivity contribution in [1.29, 1.82) is 0 Å². The normalized spacial score (nSPS) is 15.1. The van der Waals surface area contributed by atoms with E-state index in [2.05, 4.69) is 20.9 Å². The zero-order chi connectivity index (χ0) is 27.3. The second-order valence-corrected chi connectivity index (χ2v) is 8.34. The van der Waals surface area contributed by atoms with Crippen molar-refractivity contribution in [1.82, 2.24) is 16.0 Å². The van der Waals surface area contributed by atoms with Gasteiger partial charge in [0.2, 0.25) is 17.7 Å². The SMILES string of the molecule is CC(C)C(NC(=O)C(CCCN=C(N)N)NC(=O)C(CCC(=O)O)NC(=O)C(N)C(C)O)C(=O)O. The smallest absolute Gasteiger partial charge is 0.326 e. The van der Waals surface area contributed by atoms with E-state index < -0.39 is 72.3 Å². The summed E-state index contributed by atoms with van der Waals surface area (Å²) in [7, 11) is 0. The van der Waals surface area contributed by atoms with E-state index in [1.54, 1.807) is 13.8 Å². The fraction of sp³-hybridized carbons (Fsp3) is 0.700. The van der Waals surface area contributed by atoms with Crippen LogP contribution in [-0.2, 0) is 24.0 Å². The van der Waals surface area contributed by atoms with Gasteiger partial charge in [-0.25, -0.2) is 4.79 Å². The molecule has 0 radical (unpaired) electrons. The number of aliphatic carboxylic acids is 2. The van der Waals surface area contributed by atoms with Gasteiger partial charge in [-0.15, -0.1) is 0 Å². The molecule has 0 spiro atoms. The molecule has 35 heavy (non-hydrogen) atoms. The Kier molecular flexibility index (Phi) is 13.9. The van der Waals surface area contributed by atoms with Crippen LogP contribution in [0.25, 0.3) is 0 Å². The Labute approximate surface area is 202 Å². The summed E-state index contributed by atoms with van der Waals surface area (Å²) in [5.41, 5.74) is 16.1. The average molecular weight is 504 g/mol. The van der Waals surface area contributed by atoms with E-state index in [-0.39, 0.29) is 31.8 Å². The highest BCUT2D eigenvalue weighted by Crippen LogP contribution is 2.07. The van der Waals surface area contributed by atoms with Gasteiger partial charge in [-0.2, -0.15) is 0 Å². The molecule has 0 saturated heterocycles. The maximum absolute atomic E-state index is 12.9. The van der Waals surface area contributed by atoms with Gasteiger partial charge < -0.3 is 48.5 Å². The molecule has 0 saturated carbocycles. The topological polar surface area (TPSA) is 273 Å². The number of guanidine groups is 1. The van der Waals surface area contributed by atoms with Gasteiger partial charge in [-0.1, -0.05) is 13.8 Å². The van der Waals surface area contributed by atoms with E-state index in [0.717, 1.165) is 0 Å². The first kappa shape index (κ1) is 31.5. The summed E-state index contributed by atoms with van der Waals surface area (Å²) < 4.78 is 0. The number of aliphatic hydroxyl groups excluding tert-OH is 1. The molecule has 0 bridgehead atoms. The number of nitrogens with zero attached hydrogens (tertiary/aromatic N) is 1. The third-order valence-electron chi connectivity index (χ3n) is 4.91.